The quantitative estimate of drug-likeness (QED) is 0.166. The van der Waals surface area contributed by atoms with Crippen LogP contribution in [-0.4, -0.2) is 44.3 Å². The van der Waals surface area contributed by atoms with Crippen molar-refractivity contribution >= 4 is 39.1 Å². The lowest BCUT2D eigenvalue weighted by Crippen LogP contribution is -2.53. The summed E-state index contributed by atoms with van der Waals surface area (Å²) in [6.07, 6.45) is 1.73. The van der Waals surface area contributed by atoms with E-state index in [0.29, 0.717) is 6.54 Å². The maximum Gasteiger partial charge on any atom is 0.264 e. The van der Waals surface area contributed by atoms with E-state index < -0.39 is 40.2 Å². The van der Waals surface area contributed by atoms with Gasteiger partial charge in [0.15, 0.2) is 0 Å². The van der Waals surface area contributed by atoms with E-state index in [2.05, 4.69) is 5.32 Å². The molecule has 0 bridgehead atoms. The minimum Gasteiger partial charge on any atom is -0.354 e. The summed E-state index contributed by atoms with van der Waals surface area (Å²) in [5, 5.41) is 3.03. The molecule has 1 atom stereocenters. The average Bonchev–Trinajstić information content (AvgIpc) is 3.03. The van der Waals surface area contributed by atoms with Gasteiger partial charge in [-0.2, -0.15) is 0 Å². The smallest absolute Gasteiger partial charge is 0.264 e. The minimum absolute atomic E-state index is 0.0356. The van der Waals surface area contributed by atoms with Crippen LogP contribution in [-0.2, 0) is 32.6 Å². The molecule has 0 heterocycles. The van der Waals surface area contributed by atoms with Gasteiger partial charge in [0.05, 0.1) is 15.6 Å². The Morgan fingerprint density at radius 3 is 2.14 bits per heavy atom. The molecule has 0 unspecified atom stereocenters. The lowest BCUT2D eigenvalue weighted by Gasteiger charge is -2.34. The van der Waals surface area contributed by atoms with Crippen molar-refractivity contribution in [3.05, 3.63) is 131 Å². The first-order chi connectivity index (χ1) is 21.2. The number of carbonyl (C=O) groups excluding carboxylic acids is 2. The van der Waals surface area contributed by atoms with Gasteiger partial charge in [0.25, 0.3) is 10.0 Å². The molecule has 10 heteroatoms. The van der Waals surface area contributed by atoms with Crippen LogP contribution in [0.25, 0.3) is 0 Å². The Kier molecular flexibility index (Phi) is 11.5. The van der Waals surface area contributed by atoms with Crippen molar-refractivity contribution in [2.75, 3.05) is 17.4 Å². The van der Waals surface area contributed by atoms with Crippen molar-refractivity contribution in [3.63, 3.8) is 0 Å². The summed E-state index contributed by atoms with van der Waals surface area (Å²) in [6.45, 7) is 1.46. The van der Waals surface area contributed by atoms with E-state index in [0.717, 1.165) is 22.7 Å². The zero-order chi connectivity index (χ0) is 31.5. The molecule has 4 rings (SSSR count). The molecule has 7 nitrogen and oxygen atoms in total. The summed E-state index contributed by atoms with van der Waals surface area (Å²) in [5.74, 6) is -1.66. The van der Waals surface area contributed by atoms with Gasteiger partial charge in [0.2, 0.25) is 11.8 Å². The lowest BCUT2D eigenvalue weighted by molar-refractivity contribution is -0.140. The number of benzene rings is 4. The van der Waals surface area contributed by atoms with Gasteiger partial charge in [0, 0.05) is 25.1 Å². The molecule has 230 valence electrons. The summed E-state index contributed by atoms with van der Waals surface area (Å²) >= 11 is 6.47. The molecule has 2 amide bonds. The Morgan fingerprint density at radius 1 is 0.864 bits per heavy atom. The molecule has 0 radical (unpaired) electrons. The monoisotopic (exact) mass is 635 g/mol. The summed E-state index contributed by atoms with van der Waals surface area (Å²) in [5.41, 5.74) is 1.08. The number of nitrogens with one attached hydrogen (secondary N) is 1. The molecule has 0 saturated heterocycles. The van der Waals surface area contributed by atoms with Crippen LogP contribution in [0.3, 0.4) is 0 Å². The topological polar surface area (TPSA) is 86.8 Å². The van der Waals surface area contributed by atoms with Crippen LogP contribution in [0.5, 0.6) is 0 Å². The zero-order valence-electron chi connectivity index (χ0n) is 24.4. The standard InChI is InChI=1S/C34H35ClFN3O4S/c1-2-3-22-37-34(41)32(23-26-14-6-4-7-15-26)38(24-27-16-10-12-20-30(27)36)33(40)25-39(31-21-13-11-19-29(31)35)44(42,43)28-17-8-5-9-18-28/h4-21,32H,2-3,22-25H2,1H3,(H,37,41)/t32-/m0/s1. The summed E-state index contributed by atoms with van der Waals surface area (Å²) in [7, 11) is -4.28. The van der Waals surface area contributed by atoms with Gasteiger partial charge in [-0.15, -0.1) is 0 Å². The fourth-order valence-corrected chi connectivity index (χ4v) is 6.50. The second kappa shape index (κ2) is 15.5. The number of para-hydroxylation sites is 1. The fourth-order valence-electron chi connectivity index (χ4n) is 4.76. The summed E-state index contributed by atoms with van der Waals surface area (Å²) in [6, 6.07) is 28.2. The van der Waals surface area contributed by atoms with E-state index in [4.69, 9.17) is 11.6 Å². The van der Waals surface area contributed by atoms with Gasteiger partial charge in [-0.25, -0.2) is 12.8 Å². The number of anilines is 1. The SMILES string of the molecule is CCCCNC(=O)[C@H](Cc1ccccc1)N(Cc1ccccc1F)C(=O)CN(c1ccccc1Cl)S(=O)(=O)c1ccccc1. The second-order valence-corrected chi connectivity index (χ2v) is 12.5. The van der Waals surface area contributed by atoms with Gasteiger partial charge in [-0.1, -0.05) is 104 Å². The van der Waals surface area contributed by atoms with Crippen molar-refractivity contribution in [2.45, 2.75) is 43.7 Å². The van der Waals surface area contributed by atoms with Gasteiger partial charge in [-0.05, 0) is 42.3 Å². The van der Waals surface area contributed by atoms with E-state index in [1.807, 2.05) is 37.3 Å². The Labute approximate surface area is 263 Å². The molecular formula is C34H35ClFN3O4S. The van der Waals surface area contributed by atoms with E-state index in [9.17, 15) is 22.4 Å². The van der Waals surface area contributed by atoms with Crippen molar-refractivity contribution < 1.29 is 22.4 Å². The Bertz CT molecular complexity index is 1660. The summed E-state index contributed by atoms with van der Waals surface area (Å²) < 4.78 is 43.9. The fraction of sp³-hybridized carbons (Fsp3) is 0.235. The first-order valence-corrected chi connectivity index (χ1v) is 16.2. The van der Waals surface area contributed by atoms with Gasteiger partial charge in [0.1, 0.15) is 18.4 Å². The third kappa shape index (κ3) is 8.24. The van der Waals surface area contributed by atoms with Crippen molar-refractivity contribution in [3.8, 4) is 0 Å². The van der Waals surface area contributed by atoms with E-state index in [1.54, 1.807) is 36.4 Å². The van der Waals surface area contributed by atoms with E-state index in [1.165, 1.54) is 47.4 Å². The first kappa shape index (κ1) is 32.7. The normalized spacial score (nSPS) is 11.9. The van der Waals surface area contributed by atoms with Crippen molar-refractivity contribution in [1.82, 2.24) is 10.2 Å². The molecule has 44 heavy (non-hydrogen) atoms. The number of halogens is 2. The number of amides is 2. The molecule has 0 aliphatic carbocycles. The number of rotatable bonds is 14. The van der Waals surface area contributed by atoms with Crippen LogP contribution in [0.2, 0.25) is 5.02 Å². The molecule has 0 spiro atoms. The maximum absolute atomic E-state index is 15.0. The van der Waals surface area contributed by atoms with Gasteiger partial charge < -0.3 is 10.2 Å². The molecule has 0 fully saturated rings. The van der Waals surface area contributed by atoms with Crippen LogP contribution in [0.4, 0.5) is 10.1 Å². The maximum atomic E-state index is 15.0. The second-order valence-electron chi connectivity index (χ2n) is 10.2. The number of carbonyl (C=O) groups is 2. The number of sulfonamides is 1. The average molecular weight is 636 g/mol. The number of unbranched alkanes of at least 4 members (excludes halogenated alkanes) is 1. The Balaban J connectivity index is 1.80. The van der Waals surface area contributed by atoms with E-state index in [-0.39, 0.29) is 34.1 Å². The highest BCUT2D eigenvalue weighted by molar-refractivity contribution is 7.92. The lowest BCUT2D eigenvalue weighted by atomic mass is 10.0. The van der Waals surface area contributed by atoms with Crippen molar-refractivity contribution in [2.24, 2.45) is 0 Å². The minimum atomic E-state index is -4.28. The zero-order valence-corrected chi connectivity index (χ0v) is 26.0. The number of nitrogens with zero attached hydrogens (tertiary/aromatic N) is 2. The van der Waals surface area contributed by atoms with Crippen molar-refractivity contribution in [1.29, 1.82) is 0 Å². The Hall–Kier alpha value is -4.21. The Morgan fingerprint density at radius 2 is 1.48 bits per heavy atom. The molecule has 0 aliphatic rings. The largest absolute Gasteiger partial charge is 0.354 e. The molecule has 4 aromatic rings. The third-order valence-electron chi connectivity index (χ3n) is 7.13. The predicted molar refractivity (Wildman–Crippen MR) is 171 cm³/mol. The number of hydrogen-bond acceptors (Lipinski definition) is 4. The molecule has 0 aliphatic heterocycles. The third-order valence-corrected chi connectivity index (χ3v) is 9.22. The molecule has 0 saturated carbocycles. The highest BCUT2D eigenvalue weighted by atomic mass is 35.5. The molecule has 1 N–H and O–H groups in total. The highest BCUT2D eigenvalue weighted by Gasteiger charge is 2.35. The predicted octanol–water partition coefficient (Wildman–Crippen LogP) is 6.23. The van der Waals surface area contributed by atoms with Crippen LogP contribution in [0, 0.1) is 5.82 Å². The van der Waals surface area contributed by atoms with Crippen LogP contribution >= 0.6 is 11.6 Å². The van der Waals surface area contributed by atoms with Gasteiger partial charge in [-0.3, -0.25) is 13.9 Å². The first-order valence-electron chi connectivity index (χ1n) is 14.4. The highest BCUT2D eigenvalue weighted by Crippen LogP contribution is 2.31. The molecule has 0 aromatic heterocycles. The molecule has 4 aromatic carbocycles. The van der Waals surface area contributed by atoms with Crippen LogP contribution < -0.4 is 9.62 Å². The molecular weight excluding hydrogens is 601 g/mol. The summed E-state index contributed by atoms with van der Waals surface area (Å²) in [4.78, 5) is 29.3. The van der Waals surface area contributed by atoms with Crippen LogP contribution in [0.15, 0.2) is 114 Å². The van der Waals surface area contributed by atoms with Crippen LogP contribution in [0.1, 0.15) is 30.9 Å². The number of hydrogen-bond donors (Lipinski definition) is 1. The van der Waals surface area contributed by atoms with E-state index >= 15 is 0 Å². The van der Waals surface area contributed by atoms with Gasteiger partial charge >= 0.3 is 0 Å².